The lowest BCUT2D eigenvalue weighted by molar-refractivity contribution is -0.166. The van der Waals surface area contributed by atoms with Crippen molar-refractivity contribution >= 4 is 17.9 Å². The van der Waals surface area contributed by atoms with Gasteiger partial charge >= 0.3 is 17.9 Å². The lowest BCUT2D eigenvalue weighted by Crippen LogP contribution is -2.30. The second-order valence-corrected chi connectivity index (χ2v) is 17.1. The van der Waals surface area contributed by atoms with Crippen LogP contribution in [0.15, 0.2) is 109 Å². The van der Waals surface area contributed by atoms with E-state index >= 15 is 0 Å². The highest BCUT2D eigenvalue weighted by molar-refractivity contribution is 5.71. The third-order valence-electron chi connectivity index (χ3n) is 10.8. The minimum atomic E-state index is -0.823. The summed E-state index contributed by atoms with van der Waals surface area (Å²) in [7, 11) is 0. The zero-order valence-corrected chi connectivity index (χ0v) is 42.0. The fourth-order valence-electron chi connectivity index (χ4n) is 6.83. The van der Waals surface area contributed by atoms with Crippen molar-refractivity contribution in [3.05, 3.63) is 109 Å². The van der Waals surface area contributed by atoms with Crippen LogP contribution in [0.3, 0.4) is 0 Å². The molecule has 0 amide bonds. The van der Waals surface area contributed by atoms with Gasteiger partial charge in [-0.1, -0.05) is 220 Å². The average Bonchev–Trinajstić information content (AvgIpc) is 3.30. The largest absolute Gasteiger partial charge is 0.462 e. The minimum absolute atomic E-state index is 0.121. The van der Waals surface area contributed by atoms with Gasteiger partial charge in [-0.2, -0.15) is 0 Å². The number of carbonyl (C=O) groups excluding carboxylic acids is 3. The van der Waals surface area contributed by atoms with Gasteiger partial charge in [0.05, 0.1) is 0 Å². The molecule has 0 saturated heterocycles. The molecule has 1 atom stereocenters. The number of ether oxygens (including phenoxy) is 3. The summed E-state index contributed by atoms with van der Waals surface area (Å²) >= 11 is 0. The fourth-order valence-corrected chi connectivity index (χ4v) is 6.83. The summed E-state index contributed by atoms with van der Waals surface area (Å²) in [4.78, 5) is 38.0. The highest BCUT2D eigenvalue weighted by atomic mass is 16.6. The van der Waals surface area contributed by atoms with Gasteiger partial charge in [0.25, 0.3) is 0 Å². The van der Waals surface area contributed by atoms with Gasteiger partial charge in [0.1, 0.15) is 13.2 Å². The molecule has 6 heteroatoms. The van der Waals surface area contributed by atoms with Crippen LogP contribution in [-0.4, -0.2) is 37.2 Å². The van der Waals surface area contributed by atoms with Gasteiger partial charge in [0.15, 0.2) is 6.10 Å². The van der Waals surface area contributed by atoms with Crippen molar-refractivity contribution < 1.29 is 28.6 Å². The number of carbonyl (C=O) groups is 3. The monoisotopic (exact) mass is 901 g/mol. The number of unbranched alkanes of at least 4 members (excludes halogenated alkanes) is 17. The van der Waals surface area contributed by atoms with Crippen molar-refractivity contribution in [2.45, 2.75) is 232 Å². The highest BCUT2D eigenvalue weighted by Gasteiger charge is 2.19. The van der Waals surface area contributed by atoms with E-state index in [9.17, 15) is 14.4 Å². The smallest absolute Gasteiger partial charge is 0.306 e. The first-order valence-electron chi connectivity index (χ1n) is 26.4. The van der Waals surface area contributed by atoms with E-state index in [-0.39, 0.29) is 37.5 Å². The number of hydrogen-bond donors (Lipinski definition) is 0. The summed E-state index contributed by atoms with van der Waals surface area (Å²) in [6, 6.07) is 0. The molecule has 0 spiro atoms. The Morgan fingerprint density at radius 1 is 0.323 bits per heavy atom. The Labute approximate surface area is 400 Å². The van der Waals surface area contributed by atoms with Crippen molar-refractivity contribution in [3.63, 3.8) is 0 Å². The minimum Gasteiger partial charge on any atom is -0.462 e. The molecule has 1 unspecified atom stereocenters. The molecular formula is C59H96O6. The average molecular weight is 901 g/mol. The predicted molar refractivity (Wildman–Crippen MR) is 279 cm³/mol. The topological polar surface area (TPSA) is 78.9 Å². The maximum atomic E-state index is 12.8. The van der Waals surface area contributed by atoms with E-state index in [0.29, 0.717) is 19.3 Å². The zero-order valence-electron chi connectivity index (χ0n) is 42.0. The molecule has 6 nitrogen and oxygen atoms in total. The molecular weight excluding hydrogens is 805 g/mol. The van der Waals surface area contributed by atoms with Gasteiger partial charge in [-0.25, -0.2) is 0 Å². The van der Waals surface area contributed by atoms with Gasteiger partial charge in [-0.3, -0.25) is 14.4 Å². The molecule has 0 aromatic heterocycles. The maximum absolute atomic E-state index is 12.8. The predicted octanol–water partition coefficient (Wildman–Crippen LogP) is 17.5. The molecule has 0 rings (SSSR count). The first-order valence-corrected chi connectivity index (χ1v) is 26.4. The van der Waals surface area contributed by atoms with Crippen LogP contribution in [0.5, 0.6) is 0 Å². The van der Waals surface area contributed by atoms with E-state index in [1.54, 1.807) is 0 Å². The first kappa shape index (κ1) is 61.1. The second-order valence-electron chi connectivity index (χ2n) is 17.1. The molecule has 0 heterocycles. The molecule has 0 aliphatic rings. The number of allylic oxidation sites excluding steroid dienone is 18. The normalized spacial score (nSPS) is 13.0. The van der Waals surface area contributed by atoms with E-state index in [1.165, 1.54) is 89.9 Å². The molecule has 0 N–H and O–H groups in total. The van der Waals surface area contributed by atoms with Crippen LogP contribution in [0.4, 0.5) is 0 Å². The van der Waals surface area contributed by atoms with Gasteiger partial charge < -0.3 is 14.2 Å². The van der Waals surface area contributed by atoms with Crippen LogP contribution in [-0.2, 0) is 28.6 Å². The van der Waals surface area contributed by atoms with Gasteiger partial charge in [-0.15, -0.1) is 0 Å². The lowest BCUT2D eigenvalue weighted by atomic mass is 10.0. The number of rotatable bonds is 46. The van der Waals surface area contributed by atoms with E-state index in [1.807, 2.05) is 12.2 Å². The Bertz CT molecular complexity index is 1360. The third kappa shape index (κ3) is 50.9. The molecule has 0 aliphatic carbocycles. The van der Waals surface area contributed by atoms with Crippen LogP contribution in [0.2, 0.25) is 0 Å². The Kier molecular flexibility index (Phi) is 49.5. The molecule has 0 saturated carbocycles. The molecule has 0 aromatic carbocycles. The van der Waals surface area contributed by atoms with Gasteiger partial charge in [0, 0.05) is 19.3 Å². The van der Waals surface area contributed by atoms with E-state index in [4.69, 9.17) is 14.2 Å². The summed E-state index contributed by atoms with van der Waals surface area (Å²) < 4.78 is 16.7. The molecule has 0 fully saturated rings. The second kappa shape index (κ2) is 52.7. The third-order valence-corrected chi connectivity index (χ3v) is 10.8. The summed E-state index contributed by atoms with van der Waals surface area (Å²) in [6.07, 6.45) is 70.8. The van der Waals surface area contributed by atoms with Crippen LogP contribution in [0.25, 0.3) is 0 Å². The van der Waals surface area contributed by atoms with Crippen LogP contribution in [0.1, 0.15) is 226 Å². The summed E-state index contributed by atoms with van der Waals surface area (Å²) in [5, 5.41) is 0. The molecule has 368 valence electrons. The molecule has 0 bridgehead atoms. The van der Waals surface area contributed by atoms with Crippen molar-refractivity contribution in [3.8, 4) is 0 Å². The lowest BCUT2D eigenvalue weighted by Gasteiger charge is -2.18. The molecule has 0 radical (unpaired) electrons. The Hall–Kier alpha value is -3.93. The van der Waals surface area contributed by atoms with Crippen LogP contribution in [0, 0.1) is 0 Å². The summed E-state index contributed by atoms with van der Waals surface area (Å²) in [6.45, 7) is 6.39. The molecule has 0 aromatic rings. The Balaban J connectivity index is 4.56. The number of esters is 3. The quantitative estimate of drug-likeness (QED) is 0.0262. The van der Waals surface area contributed by atoms with E-state index < -0.39 is 6.10 Å². The standard InChI is InChI=1S/C59H96O6/c1-4-7-10-13-16-19-22-25-27-28-29-30-32-35-37-40-43-46-49-52-58(61)64-55-56(65-59(62)53-50-47-44-41-38-33-24-21-18-15-12-9-6-3)54-63-57(60)51-48-45-42-39-36-34-31-26-23-20-17-14-11-8-5-2/h7,10,16-17,19-20,25-27,29-31,35-37,39,43,46,56H,4-6,8-9,11-15,18,21-24,28,32-34,38,40-42,44-45,47-55H2,1-3H3/b10-7+,19-16-,20-17-,27-25+,30-29+,31-26+,37-35+,39-36+,46-43+. The van der Waals surface area contributed by atoms with Crippen molar-refractivity contribution in [2.24, 2.45) is 0 Å². The number of hydrogen-bond acceptors (Lipinski definition) is 6. The van der Waals surface area contributed by atoms with E-state index in [2.05, 4.69) is 118 Å². The Morgan fingerprint density at radius 2 is 0.631 bits per heavy atom. The maximum Gasteiger partial charge on any atom is 0.306 e. The van der Waals surface area contributed by atoms with E-state index in [0.717, 1.165) is 89.9 Å². The highest BCUT2D eigenvalue weighted by Crippen LogP contribution is 2.14. The van der Waals surface area contributed by atoms with Gasteiger partial charge in [0.2, 0.25) is 0 Å². The molecule has 0 aliphatic heterocycles. The summed E-state index contributed by atoms with van der Waals surface area (Å²) in [5.41, 5.74) is 0. The fraction of sp³-hybridized carbons (Fsp3) is 0.644. The molecule has 65 heavy (non-hydrogen) atoms. The zero-order chi connectivity index (χ0) is 47.2. The summed E-state index contributed by atoms with van der Waals surface area (Å²) in [5.74, 6) is -1.04. The SMILES string of the molecule is CC/C=C/C/C=C\C/C=C/C/C=C/C/C=C/C/C=C/CCC(=O)OCC(COC(=O)CCCC/C=C/C/C=C/C/C=C\CCCCC)OC(=O)CCCCCCCCCCCCCCC. The van der Waals surface area contributed by atoms with Crippen molar-refractivity contribution in [1.29, 1.82) is 0 Å². The van der Waals surface area contributed by atoms with Crippen LogP contribution >= 0.6 is 0 Å². The van der Waals surface area contributed by atoms with Crippen LogP contribution < -0.4 is 0 Å². The van der Waals surface area contributed by atoms with Gasteiger partial charge in [-0.05, 0) is 96.3 Å². The van der Waals surface area contributed by atoms with Crippen molar-refractivity contribution in [1.82, 2.24) is 0 Å². The van der Waals surface area contributed by atoms with Crippen molar-refractivity contribution in [2.75, 3.05) is 13.2 Å². The Morgan fingerprint density at radius 3 is 1.06 bits per heavy atom. The first-order chi connectivity index (χ1) is 32.0.